The molecular weight excluding hydrogens is 272 g/mol. The third-order valence-corrected chi connectivity index (χ3v) is 4.49. The minimum absolute atomic E-state index is 0.00375. The Morgan fingerprint density at radius 3 is 2.56 bits per heavy atom. The Bertz CT molecular complexity index is 634. The average molecular weight is 284 g/mol. The van der Waals surface area contributed by atoms with Crippen LogP contribution in [0.1, 0.15) is 6.92 Å². The van der Waals surface area contributed by atoms with Crippen LogP contribution >= 0.6 is 11.3 Å². The largest absolute Gasteiger partial charge is 0.399 e. The molecule has 1 heterocycles. The van der Waals surface area contributed by atoms with Crippen molar-refractivity contribution in [2.24, 2.45) is 0 Å². The van der Waals surface area contributed by atoms with E-state index in [1.807, 2.05) is 12.1 Å². The maximum absolute atomic E-state index is 11.4. The molecule has 0 bridgehead atoms. The molecule has 18 heavy (non-hydrogen) atoms. The number of rotatable bonds is 4. The van der Waals surface area contributed by atoms with Crippen molar-refractivity contribution >= 4 is 32.2 Å². The molecule has 0 atom stereocenters. The number of nitrogen functional groups attached to an aromatic ring is 1. The minimum atomic E-state index is -3.31. The zero-order valence-corrected chi connectivity index (χ0v) is 11.3. The molecule has 0 fully saturated rings. The van der Waals surface area contributed by atoms with Gasteiger partial charge in [-0.2, -0.15) is 0 Å². The molecule has 96 valence electrons. The van der Waals surface area contributed by atoms with Crippen molar-refractivity contribution < 1.29 is 8.42 Å². The molecule has 1 aromatic heterocycles. The molecule has 0 unspecified atom stereocenters. The molecular formula is C10H12N4O2S2. The van der Waals surface area contributed by atoms with Gasteiger partial charge in [-0.05, 0) is 31.2 Å². The van der Waals surface area contributed by atoms with Crippen molar-refractivity contribution in [2.45, 2.75) is 6.92 Å². The smallest absolute Gasteiger partial charge is 0.234 e. The van der Waals surface area contributed by atoms with Crippen molar-refractivity contribution in [1.82, 2.24) is 10.2 Å². The van der Waals surface area contributed by atoms with Gasteiger partial charge in [0.15, 0.2) is 0 Å². The van der Waals surface area contributed by atoms with Gasteiger partial charge in [-0.15, -0.1) is 10.2 Å². The Morgan fingerprint density at radius 2 is 1.94 bits per heavy atom. The number of sulfonamides is 1. The lowest BCUT2D eigenvalue weighted by Gasteiger charge is -1.99. The van der Waals surface area contributed by atoms with Crippen molar-refractivity contribution in [3.8, 4) is 10.6 Å². The zero-order chi connectivity index (χ0) is 13.2. The standard InChI is InChI=1S/C10H12N4O2S2/c1-2-18(15,16)14-10-13-12-9(17-10)7-3-5-8(11)6-4-7/h3-6H,2,11H2,1H3,(H,13,14). The third kappa shape index (κ3) is 2.96. The van der Waals surface area contributed by atoms with Gasteiger partial charge in [-0.25, -0.2) is 8.42 Å². The fourth-order valence-corrected chi connectivity index (χ4v) is 2.81. The summed E-state index contributed by atoms with van der Waals surface area (Å²) in [4.78, 5) is 0. The summed E-state index contributed by atoms with van der Waals surface area (Å²) in [6, 6.07) is 7.14. The molecule has 0 aliphatic carbocycles. The molecule has 0 amide bonds. The minimum Gasteiger partial charge on any atom is -0.399 e. The summed E-state index contributed by atoms with van der Waals surface area (Å²) in [5, 5.41) is 8.64. The molecule has 8 heteroatoms. The topological polar surface area (TPSA) is 98.0 Å². The highest BCUT2D eigenvalue weighted by Gasteiger charge is 2.12. The van der Waals surface area contributed by atoms with Crippen LogP contribution in [0.15, 0.2) is 24.3 Å². The Morgan fingerprint density at radius 1 is 1.28 bits per heavy atom. The van der Waals surface area contributed by atoms with E-state index in [0.29, 0.717) is 10.7 Å². The quantitative estimate of drug-likeness (QED) is 0.830. The maximum atomic E-state index is 11.4. The number of hydrogen-bond acceptors (Lipinski definition) is 6. The van der Waals surface area contributed by atoms with Crippen LogP contribution in [0.25, 0.3) is 10.6 Å². The Balaban J connectivity index is 2.23. The van der Waals surface area contributed by atoms with Crippen molar-refractivity contribution in [2.75, 3.05) is 16.2 Å². The summed E-state index contributed by atoms with van der Waals surface area (Å²) >= 11 is 1.18. The Kier molecular flexibility index (Phi) is 3.48. The normalized spacial score (nSPS) is 11.4. The summed E-state index contributed by atoms with van der Waals surface area (Å²) in [5.41, 5.74) is 7.10. The molecule has 0 spiro atoms. The lowest BCUT2D eigenvalue weighted by molar-refractivity contribution is 0.602. The molecule has 0 radical (unpaired) electrons. The second-order valence-electron chi connectivity index (χ2n) is 3.54. The van der Waals surface area contributed by atoms with Crippen molar-refractivity contribution in [1.29, 1.82) is 0 Å². The average Bonchev–Trinajstić information content (AvgIpc) is 2.78. The molecule has 0 aliphatic rings. The number of hydrogen-bond donors (Lipinski definition) is 2. The van der Waals surface area contributed by atoms with Crippen molar-refractivity contribution in [3.63, 3.8) is 0 Å². The first-order valence-electron chi connectivity index (χ1n) is 5.20. The van der Waals surface area contributed by atoms with Crippen LogP contribution in [0.3, 0.4) is 0 Å². The van der Waals surface area contributed by atoms with Crippen LogP contribution in [0.4, 0.5) is 10.8 Å². The maximum Gasteiger partial charge on any atom is 0.234 e. The van der Waals surface area contributed by atoms with Gasteiger partial charge in [0.05, 0.1) is 5.75 Å². The SMILES string of the molecule is CCS(=O)(=O)Nc1nnc(-c2ccc(N)cc2)s1. The zero-order valence-electron chi connectivity index (χ0n) is 9.62. The number of aromatic nitrogens is 2. The van der Waals surface area contributed by atoms with Gasteiger partial charge in [0.25, 0.3) is 0 Å². The first-order chi connectivity index (χ1) is 8.50. The van der Waals surface area contributed by atoms with Crippen LogP contribution in [0.2, 0.25) is 0 Å². The van der Waals surface area contributed by atoms with Gasteiger partial charge in [0, 0.05) is 11.3 Å². The summed E-state index contributed by atoms with van der Waals surface area (Å²) in [7, 11) is -3.31. The van der Waals surface area contributed by atoms with E-state index in [4.69, 9.17) is 5.73 Å². The Hall–Kier alpha value is -1.67. The molecule has 2 aromatic rings. The second-order valence-corrected chi connectivity index (χ2v) is 6.53. The molecule has 1 aromatic carbocycles. The highest BCUT2D eigenvalue weighted by molar-refractivity contribution is 7.92. The van der Waals surface area contributed by atoms with Gasteiger partial charge in [-0.1, -0.05) is 11.3 Å². The van der Waals surface area contributed by atoms with E-state index in [2.05, 4.69) is 14.9 Å². The molecule has 0 aliphatic heterocycles. The number of nitrogens with two attached hydrogens (primary N) is 1. The molecule has 0 saturated heterocycles. The van der Waals surface area contributed by atoms with E-state index in [0.717, 1.165) is 5.56 Å². The predicted octanol–water partition coefficient (Wildman–Crippen LogP) is 1.55. The summed E-state index contributed by atoms with van der Waals surface area (Å²) in [5.74, 6) is 0.00375. The number of nitrogens with one attached hydrogen (secondary N) is 1. The number of nitrogens with zero attached hydrogens (tertiary/aromatic N) is 2. The third-order valence-electron chi connectivity index (χ3n) is 2.21. The first-order valence-corrected chi connectivity index (χ1v) is 7.67. The highest BCUT2D eigenvalue weighted by atomic mass is 32.2. The van der Waals surface area contributed by atoms with Crippen LogP contribution in [-0.4, -0.2) is 24.4 Å². The van der Waals surface area contributed by atoms with Gasteiger partial charge >= 0.3 is 0 Å². The fraction of sp³-hybridized carbons (Fsp3) is 0.200. The number of anilines is 2. The predicted molar refractivity (Wildman–Crippen MR) is 72.8 cm³/mol. The van der Waals surface area contributed by atoms with E-state index in [1.165, 1.54) is 11.3 Å². The van der Waals surface area contributed by atoms with Crippen LogP contribution in [-0.2, 0) is 10.0 Å². The molecule has 3 N–H and O–H groups in total. The first kappa shape index (κ1) is 12.8. The molecule has 6 nitrogen and oxygen atoms in total. The second kappa shape index (κ2) is 4.91. The van der Waals surface area contributed by atoms with Crippen LogP contribution in [0, 0.1) is 0 Å². The monoisotopic (exact) mass is 284 g/mol. The summed E-state index contributed by atoms with van der Waals surface area (Å²) in [6.07, 6.45) is 0. The summed E-state index contributed by atoms with van der Waals surface area (Å²) in [6.45, 7) is 1.56. The van der Waals surface area contributed by atoms with E-state index in [-0.39, 0.29) is 10.9 Å². The molecule has 2 rings (SSSR count). The van der Waals surface area contributed by atoms with Crippen LogP contribution in [0.5, 0.6) is 0 Å². The summed E-state index contributed by atoms with van der Waals surface area (Å²) < 4.78 is 25.1. The van der Waals surface area contributed by atoms with E-state index >= 15 is 0 Å². The van der Waals surface area contributed by atoms with E-state index in [9.17, 15) is 8.42 Å². The van der Waals surface area contributed by atoms with Gasteiger partial charge in [-0.3, -0.25) is 4.72 Å². The van der Waals surface area contributed by atoms with E-state index in [1.54, 1.807) is 19.1 Å². The highest BCUT2D eigenvalue weighted by Crippen LogP contribution is 2.27. The van der Waals surface area contributed by atoms with Crippen molar-refractivity contribution in [3.05, 3.63) is 24.3 Å². The van der Waals surface area contributed by atoms with Gasteiger partial charge in [0.2, 0.25) is 15.2 Å². The lowest BCUT2D eigenvalue weighted by atomic mass is 10.2. The van der Waals surface area contributed by atoms with Gasteiger partial charge in [0.1, 0.15) is 5.01 Å². The van der Waals surface area contributed by atoms with Crippen LogP contribution < -0.4 is 10.5 Å². The Labute approximate surface area is 109 Å². The molecule has 0 saturated carbocycles. The number of benzene rings is 1. The van der Waals surface area contributed by atoms with E-state index < -0.39 is 10.0 Å². The van der Waals surface area contributed by atoms with Gasteiger partial charge < -0.3 is 5.73 Å². The lowest BCUT2D eigenvalue weighted by Crippen LogP contribution is -2.14. The fourth-order valence-electron chi connectivity index (χ4n) is 1.21.